The molecule has 0 amide bonds. The van der Waals surface area contributed by atoms with Crippen molar-refractivity contribution in [3.8, 4) is 22.3 Å². The van der Waals surface area contributed by atoms with Crippen molar-refractivity contribution in [2.75, 3.05) is 4.90 Å². The van der Waals surface area contributed by atoms with Gasteiger partial charge in [-0.3, -0.25) is 0 Å². The second-order valence-electron chi connectivity index (χ2n) is 13.2. The molecule has 51 heavy (non-hydrogen) atoms. The third kappa shape index (κ3) is 4.47. The van der Waals surface area contributed by atoms with E-state index in [1.54, 1.807) is 0 Å². The van der Waals surface area contributed by atoms with Crippen LogP contribution in [0.3, 0.4) is 0 Å². The third-order valence-corrected chi connectivity index (χ3v) is 11.7. The molecule has 1 heterocycles. The van der Waals surface area contributed by atoms with Gasteiger partial charge in [-0.05, 0) is 75.3 Å². The van der Waals surface area contributed by atoms with Crippen LogP contribution in [0.2, 0.25) is 0 Å². The number of rotatable bonds is 6. The first-order valence-electron chi connectivity index (χ1n) is 17.5. The van der Waals surface area contributed by atoms with Crippen LogP contribution < -0.4 is 4.90 Å². The van der Waals surface area contributed by atoms with Gasteiger partial charge in [0.15, 0.2) is 0 Å². The molecule has 8 aromatic carbocycles. The Morgan fingerprint density at radius 1 is 0.353 bits per heavy atom. The molecule has 0 fully saturated rings. The van der Waals surface area contributed by atoms with Gasteiger partial charge in [-0.2, -0.15) is 0 Å². The number of anilines is 3. The number of thiophene rings is 1. The number of fused-ring (bicyclic) bond motifs is 6. The maximum absolute atomic E-state index is 2.47. The lowest BCUT2D eigenvalue weighted by atomic mass is 9.66. The fraction of sp³-hybridized carbons (Fsp3) is 0.0204. The van der Waals surface area contributed by atoms with Crippen LogP contribution in [0, 0.1) is 0 Å². The van der Waals surface area contributed by atoms with Crippen LogP contribution in [0.25, 0.3) is 42.4 Å². The molecule has 0 saturated carbocycles. The summed E-state index contributed by atoms with van der Waals surface area (Å²) in [6, 6.07) is 73.4. The zero-order valence-corrected chi connectivity index (χ0v) is 28.7. The van der Waals surface area contributed by atoms with E-state index in [-0.39, 0.29) is 0 Å². The van der Waals surface area contributed by atoms with E-state index in [1.165, 1.54) is 70.4 Å². The van der Waals surface area contributed by atoms with Crippen LogP contribution in [-0.4, -0.2) is 0 Å². The van der Waals surface area contributed by atoms with Gasteiger partial charge in [0, 0.05) is 31.4 Å². The van der Waals surface area contributed by atoms with Gasteiger partial charge in [-0.15, -0.1) is 11.3 Å². The van der Waals surface area contributed by atoms with Gasteiger partial charge < -0.3 is 4.90 Å². The summed E-state index contributed by atoms with van der Waals surface area (Å²) in [5.41, 5.74) is 13.2. The fourth-order valence-corrected chi connectivity index (χ4v) is 9.70. The van der Waals surface area contributed by atoms with Gasteiger partial charge >= 0.3 is 0 Å². The molecule has 240 valence electrons. The zero-order valence-electron chi connectivity index (χ0n) is 27.9. The van der Waals surface area contributed by atoms with Crippen molar-refractivity contribution in [2.45, 2.75) is 5.41 Å². The summed E-state index contributed by atoms with van der Waals surface area (Å²) in [7, 11) is 0. The van der Waals surface area contributed by atoms with E-state index < -0.39 is 5.41 Å². The van der Waals surface area contributed by atoms with Crippen LogP contribution in [0.4, 0.5) is 17.1 Å². The molecule has 1 aliphatic carbocycles. The molecule has 0 spiro atoms. The average Bonchev–Trinajstić information content (AvgIpc) is 3.74. The summed E-state index contributed by atoms with van der Waals surface area (Å²) in [6.07, 6.45) is 0. The van der Waals surface area contributed by atoms with E-state index in [2.05, 4.69) is 205 Å². The topological polar surface area (TPSA) is 3.24 Å². The highest BCUT2D eigenvalue weighted by Gasteiger charge is 2.47. The highest BCUT2D eigenvalue weighted by Crippen LogP contribution is 2.59. The lowest BCUT2D eigenvalue weighted by molar-refractivity contribution is 0.777. The van der Waals surface area contributed by atoms with Crippen molar-refractivity contribution in [1.29, 1.82) is 0 Å². The average molecular weight is 668 g/mol. The third-order valence-electron chi connectivity index (χ3n) is 10.5. The molecule has 1 aromatic heterocycles. The summed E-state index contributed by atoms with van der Waals surface area (Å²) >= 11 is 1.89. The van der Waals surface area contributed by atoms with Gasteiger partial charge in [0.05, 0.1) is 16.8 Å². The maximum atomic E-state index is 2.47. The van der Waals surface area contributed by atoms with Crippen molar-refractivity contribution in [2.24, 2.45) is 0 Å². The Morgan fingerprint density at radius 3 is 1.53 bits per heavy atom. The summed E-state index contributed by atoms with van der Waals surface area (Å²) in [4.78, 5) is 2.47. The molecule has 1 nitrogen and oxygen atoms in total. The minimum atomic E-state index is -0.505. The fourth-order valence-electron chi connectivity index (χ4n) is 8.54. The van der Waals surface area contributed by atoms with Gasteiger partial charge in [-0.1, -0.05) is 164 Å². The van der Waals surface area contributed by atoms with Crippen molar-refractivity contribution < 1.29 is 0 Å². The summed E-state index contributed by atoms with van der Waals surface area (Å²) in [5.74, 6) is 0. The minimum Gasteiger partial charge on any atom is -0.309 e. The number of para-hydroxylation sites is 2. The lowest BCUT2D eigenvalue weighted by Gasteiger charge is -2.35. The van der Waals surface area contributed by atoms with Crippen molar-refractivity contribution in [3.63, 3.8) is 0 Å². The second kappa shape index (κ2) is 12.0. The van der Waals surface area contributed by atoms with E-state index >= 15 is 0 Å². The van der Waals surface area contributed by atoms with Gasteiger partial charge in [-0.25, -0.2) is 0 Å². The van der Waals surface area contributed by atoms with Crippen molar-refractivity contribution in [1.82, 2.24) is 0 Å². The standard InChI is InChI=1S/C49H33NS/c1-4-18-34(19-5-1)37-24-12-15-30-43(37)50(36-22-8-3-9-23-36)44-31-17-33-46-48(44)47-42(29-16-32-45(47)51-46)49(35-20-6-2-7-21-35)40-27-13-10-25-38(40)39-26-11-14-28-41(39)49/h1-33H. The van der Waals surface area contributed by atoms with Crippen LogP contribution in [-0.2, 0) is 5.41 Å². The number of hydrogen-bond acceptors (Lipinski definition) is 2. The Morgan fingerprint density at radius 2 is 0.843 bits per heavy atom. The molecule has 0 N–H and O–H groups in total. The molecule has 9 aromatic rings. The number of benzene rings is 8. The summed E-state index contributed by atoms with van der Waals surface area (Å²) in [6.45, 7) is 0. The van der Waals surface area contributed by atoms with Crippen LogP contribution in [0.1, 0.15) is 22.3 Å². The normalized spacial score (nSPS) is 12.9. The predicted molar refractivity (Wildman–Crippen MR) is 217 cm³/mol. The van der Waals surface area contributed by atoms with E-state index in [0.29, 0.717) is 0 Å². The molecule has 0 atom stereocenters. The Hall–Kier alpha value is -6.22. The quantitative estimate of drug-likeness (QED) is 0.171. The van der Waals surface area contributed by atoms with Crippen molar-refractivity contribution in [3.05, 3.63) is 222 Å². The molecule has 1 aliphatic rings. The van der Waals surface area contributed by atoms with Gasteiger partial charge in [0.25, 0.3) is 0 Å². The Bertz CT molecular complexity index is 2650. The van der Waals surface area contributed by atoms with Crippen LogP contribution in [0.5, 0.6) is 0 Å². The van der Waals surface area contributed by atoms with Gasteiger partial charge in [0.1, 0.15) is 0 Å². The molecule has 0 aliphatic heterocycles. The molecule has 2 heteroatoms. The van der Waals surface area contributed by atoms with E-state index in [4.69, 9.17) is 0 Å². The van der Waals surface area contributed by atoms with Gasteiger partial charge in [0.2, 0.25) is 0 Å². The smallest absolute Gasteiger partial charge is 0.0720 e. The summed E-state index contributed by atoms with van der Waals surface area (Å²) < 4.78 is 2.56. The van der Waals surface area contributed by atoms with Crippen LogP contribution in [0.15, 0.2) is 200 Å². The molecule has 0 unspecified atom stereocenters. The first-order chi connectivity index (χ1) is 25.3. The summed E-state index contributed by atoms with van der Waals surface area (Å²) in [5, 5.41) is 2.58. The largest absolute Gasteiger partial charge is 0.309 e. The number of hydrogen-bond donors (Lipinski definition) is 0. The predicted octanol–water partition coefficient (Wildman–Crippen LogP) is 13.6. The van der Waals surface area contributed by atoms with E-state index in [9.17, 15) is 0 Å². The first kappa shape index (κ1) is 29.7. The number of nitrogens with zero attached hydrogens (tertiary/aromatic N) is 1. The van der Waals surface area contributed by atoms with E-state index in [1.807, 2.05) is 11.3 Å². The highest BCUT2D eigenvalue weighted by atomic mass is 32.1. The monoisotopic (exact) mass is 667 g/mol. The molecular formula is C49H33NS. The second-order valence-corrected chi connectivity index (χ2v) is 14.3. The molecule has 0 bridgehead atoms. The highest BCUT2D eigenvalue weighted by molar-refractivity contribution is 7.26. The van der Waals surface area contributed by atoms with Crippen LogP contribution >= 0.6 is 11.3 Å². The minimum absolute atomic E-state index is 0.505. The van der Waals surface area contributed by atoms with Crippen molar-refractivity contribution >= 4 is 48.6 Å². The first-order valence-corrected chi connectivity index (χ1v) is 18.3. The SMILES string of the molecule is c1ccc(-c2ccccc2N(c2ccccc2)c2cccc3sc4cccc(C5(c6ccccc6)c6ccccc6-c6ccccc65)c4c23)cc1. The molecule has 0 saturated heterocycles. The molecule has 0 radical (unpaired) electrons. The molecular weight excluding hydrogens is 635 g/mol. The Labute approximate surface area is 302 Å². The molecule has 10 rings (SSSR count). The lowest BCUT2D eigenvalue weighted by Crippen LogP contribution is -2.28. The Kier molecular flexibility index (Phi) is 6.97. The maximum Gasteiger partial charge on any atom is 0.0720 e. The zero-order chi connectivity index (χ0) is 33.8. The Balaban J connectivity index is 1.35. The van der Waals surface area contributed by atoms with E-state index in [0.717, 1.165) is 11.4 Å².